The number of rotatable bonds is 1. The fourth-order valence-electron chi connectivity index (χ4n) is 1.37. The molecule has 0 bridgehead atoms. The molecule has 0 aromatic carbocycles. The second-order valence-electron chi connectivity index (χ2n) is 2.65. The Morgan fingerprint density at radius 2 is 2.50 bits per heavy atom. The van der Waals surface area contributed by atoms with Crippen molar-refractivity contribution < 1.29 is 14.6 Å². The number of carboxylic acid groups (broad SMARTS) is 1. The highest BCUT2D eigenvalue weighted by Crippen LogP contribution is 2.40. The molecule has 0 radical (unpaired) electrons. The number of epoxide rings is 1. The number of fused-ring (bicyclic) bond motifs is 1. The van der Waals surface area contributed by atoms with E-state index in [0.717, 1.165) is 18.6 Å². The van der Waals surface area contributed by atoms with Gasteiger partial charge in [0, 0.05) is 0 Å². The van der Waals surface area contributed by atoms with Gasteiger partial charge in [-0.2, -0.15) is 0 Å². The molecule has 1 aliphatic carbocycles. The minimum absolute atomic E-state index is 0.167. The average Bonchev–Trinajstić information content (AvgIpc) is 2.63. The molecule has 1 heterocycles. The van der Waals surface area contributed by atoms with Gasteiger partial charge in [0.15, 0.2) is 6.10 Å². The standard InChI is InChI=1S/C7H8O3/c8-7(9)4-2-1-3-5-6(4)10-5/h5H,1-3H2,(H,8,9). The van der Waals surface area contributed by atoms with Crippen LogP contribution in [0.25, 0.3) is 0 Å². The van der Waals surface area contributed by atoms with Crippen LogP contribution in [0.1, 0.15) is 19.3 Å². The lowest BCUT2D eigenvalue weighted by Gasteiger charge is -2.01. The molecular formula is C7H8O3. The maximum absolute atomic E-state index is 10.5. The lowest BCUT2D eigenvalue weighted by Crippen LogP contribution is -2.05. The van der Waals surface area contributed by atoms with Crippen LogP contribution in [0.2, 0.25) is 0 Å². The van der Waals surface area contributed by atoms with Crippen molar-refractivity contribution in [1.82, 2.24) is 0 Å². The minimum Gasteiger partial charge on any atom is -0.482 e. The fraction of sp³-hybridized carbons (Fsp3) is 0.571. The van der Waals surface area contributed by atoms with Gasteiger partial charge in [-0.15, -0.1) is 0 Å². The summed E-state index contributed by atoms with van der Waals surface area (Å²) >= 11 is 0. The maximum Gasteiger partial charge on any atom is 0.335 e. The average molecular weight is 140 g/mol. The molecule has 0 aromatic heterocycles. The first-order chi connectivity index (χ1) is 4.79. The highest BCUT2D eigenvalue weighted by Gasteiger charge is 2.40. The Morgan fingerprint density at radius 3 is 3.10 bits per heavy atom. The molecule has 1 unspecified atom stereocenters. The summed E-state index contributed by atoms with van der Waals surface area (Å²) in [4.78, 5) is 10.5. The van der Waals surface area contributed by atoms with E-state index in [0.29, 0.717) is 12.0 Å². The van der Waals surface area contributed by atoms with Crippen molar-refractivity contribution in [3.8, 4) is 0 Å². The summed E-state index contributed by atoms with van der Waals surface area (Å²) in [5.74, 6) is -0.0732. The van der Waals surface area contributed by atoms with Crippen LogP contribution < -0.4 is 0 Å². The SMILES string of the molecule is O=C(O)C1=C2OC2CCC1. The van der Waals surface area contributed by atoms with Gasteiger partial charge in [0.2, 0.25) is 0 Å². The van der Waals surface area contributed by atoms with Crippen molar-refractivity contribution in [1.29, 1.82) is 0 Å². The van der Waals surface area contributed by atoms with Crippen molar-refractivity contribution in [3.05, 3.63) is 11.3 Å². The molecule has 1 saturated heterocycles. The Bertz CT molecular complexity index is 217. The summed E-state index contributed by atoms with van der Waals surface area (Å²) in [6, 6.07) is 0. The van der Waals surface area contributed by atoms with E-state index in [1.54, 1.807) is 0 Å². The van der Waals surface area contributed by atoms with Gasteiger partial charge in [0.05, 0.1) is 5.57 Å². The Kier molecular flexibility index (Phi) is 1.01. The molecule has 1 atom stereocenters. The van der Waals surface area contributed by atoms with Gasteiger partial charge in [-0.1, -0.05) is 0 Å². The number of hydrogen-bond donors (Lipinski definition) is 1. The van der Waals surface area contributed by atoms with Crippen LogP contribution in [-0.2, 0) is 9.53 Å². The Balaban J connectivity index is 2.27. The smallest absolute Gasteiger partial charge is 0.335 e. The summed E-state index contributed by atoms with van der Waals surface area (Å²) in [6.45, 7) is 0. The second-order valence-corrected chi connectivity index (χ2v) is 2.65. The van der Waals surface area contributed by atoms with Gasteiger partial charge >= 0.3 is 5.97 Å². The normalized spacial score (nSPS) is 29.0. The highest BCUT2D eigenvalue weighted by molar-refractivity contribution is 5.88. The van der Waals surface area contributed by atoms with Gasteiger partial charge in [-0.25, -0.2) is 4.79 Å². The molecule has 0 amide bonds. The molecule has 0 aromatic rings. The van der Waals surface area contributed by atoms with E-state index in [1.807, 2.05) is 0 Å². The van der Waals surface area contributed by atoms with Crippen molar-refractivity contribution in [2.75, 3.05) is 0 Å². The summed E-state index contributed by atoms with van der Waals surface area (Å²) in [5, 5.41) is 8.60. The van der Waals surface area contributed by atoms with Crippen LogP contribution >= 0.6 is 0 Å². The van der Waals surface area contributed by atoms with E-state index in [1.165, 1.54) is 0 Å². The van der Waals surface area contributed by atoms with E-state index < -0.39 is 5.97 Å². The van der Waals surface area contributed by atoms with E-state index >= 15 is 0 Å². The first kappa shape index (κ1) is 5.77. The zero-order valence-electron chi connectivity index (χ0n) is 5.46. The molecule has 0 saturated carbocycles. The number of hydrogen-bond acceptors (Lipinski definition) is 2. The third-order valence-electron chi connectivity index (χ3n) is 1.95. The van der Waals surface area contributed by atoms with Crippen molar-refractivity contribution in [2.24, 2.45) is 0 Å². The zero-order valence-corrected chi connectivity index (χ0v) is 5.46. The number of aliphatic carboxylic acids is 1. The topological polar surface area (TPSA) is 49.8 Å². The molecule has 1 fully saturated rings. The summed E-state index contributed by atoms with van der Waals surface area (Å²) in [6.07, 6.45) is 2.81. The zero-order chi connectivity index (χ0) is 7.14. The molecule has 1 N–H and O–H groups in total. The molecule has 10 heavy (non-hydrogen) atoms. The third-order valence-corrected chi connectivity index (χ3v) is 1.95. The monoisotopic (exact) mass is 140 g/mol. The van der Waals surface area contributed by atoms with E-state index in [9.17, 15) is 4.79 Å². The molecule has 2 aliphatic rings. The van der Waals surface area contributed by atoms with Crippen LogP contribution in [0.15, 0.2) is 11.3 Å². The van der Waals surface area contributed by atoms with Gasteiger partial charge in [-0.05, 0) is 19.3 Å². The van der Waals surface area contributed by atoms with Gasteiger partial charge in [0.25, 0.3) is 0 Å². The van der Waals surface area contributed by atoms with E-state index in [4.69, 9.17) is 9.84 Å². The quantitative estimate of drug-likeness (QED) is 0.550. The van der Waals surface area contributed by atoms with E-state index in [2.05, 4.69) is 0 Å². The first-order valence-electron chi connectivity index (χ1n) is 3.42. The second kappa shape index (κ2) is 1.75. The lowest BCUT2D eigenvalue weighted by molar-refractivity contribution is -0.132. The van der Waals surface area contributed by atoms with Gasteiger partial charge < -0.3 is 9.84 Å². The van der Waals surface area contributed by atoms with Crippen molar-refractivity contribution >= 4 is 5.97 Å². The fourth-order valence-corrected chi connectivity index (χ4v) is 1.37. The largest absolute Gasteiger partial charge is 0.482 e. The number of ether oxygens (including phenoxy) is 1. The summed E-state index contributed by atoms with van der Waals surface area (Å²) < 4.78 is 5.05. The molecule has 3 nitrogen and oxygen atoms in total. The van der Waals surface area contributed by atoms with Gasteiger partial charge in [0.1, 0.15) is 5.76 Å². The predicted octanol–water partition coefficient (Wildman–Crippen LogP) is 0.908. The molecule has 54 valence electrons. The highest BCUT2D eigenvalue weighted by atomic mass is 16.6. The number of carbonyl (C=O) groups is 1. The van der Waals surface area contributed by atoms with Crippen LogP contribution in [0.5, 0.6) is 0 Å². The van der Waals surface area contributed by atoms with Crippen molar-refractivity contribution in [2.45, 2.75) is 25.4 Å². The maximum atomic E-state index is 10.5. The van der Waals surface area contributed by atoms with Crippen LogP contribution in [-0.4, -0.2) is 17.2 Å². The Hall–Kier alpha value is -0.990. The predicted molar refractivity (Wildman–Crippen MR) is 33.4 cm³/mol. The van der Waals surface area contributed by atoms with Crippen LogP contribution in [0.3, 0.4) is 0 Å². The molecule has 1 aliphatic heterocycles. The summed E-state index contributed by atoms with van der Waals surface area (Å²) in [7, 11) is 0. The van der Waals surface area contributed by atoms with Crippen molar-refractivity contribution in [3.63, 3.8) is 0 Å². The first-order valence-corrected chi connectivity index (χ1v) is 3.42. The Labute approximate surface area is 58.3 Å². The molecule has 2 rings (SSSR count). The molecule has 3 heteroatoms. The summed E-state index contributed by atoms with van der Waals surface area (Å²) in [5.41, 5.74) is 0.497. The van der Waals surface area contributed by atoms with Crippen LogP contribution in [0, 0.1) is 0 Å². The van der Waals surface area contributed by atoms with Gasteiger partial charge in [-0.3, -0.25) is 0 Å². The van der Waals surface area contributed by atoms with Crippen LogP contribution in [0.4, 0.5) is 0 Å². The minimum atomic E-state index is -0.808. The van der Waals surface area contributed by atoms with E-state index in [-0.39, 0.29) is 6.10 Å². The number of carboxylic acids is 1. The molecule has 0 spiro atoms. The Morgan fingerprint density at radius 1 is 1.70 bits per heavy atom. The third kappa shape index (κ3) is 0.701. The molecular weight excluding hydrogens is 132 g/mol. The lowest BCUT2D eigenvalue weighted by atomic mass is 10.0.